The summed E-state index contributed by atoms with van der Waals surface area (Å²) in [5.74, 6) is 1.01. The van der Waals surface area contributed by atoms with E-state index in [1.807, 2.05) is 29.2 Å². The number of piperazine rings is 1. The first-order chi connectivity index (χ1) is 15.5. The van der Waals surface area contributed by atoms with Crippen LogP contribution in [0.5, 0.6) is 5.75 Å². The molecule has 0 aromatic heterocycles. The van der Waals surface area contributed by atoms with E-state index in [1.165, 1.54) is 0 Å². The maximum absolute atomic E-state index is 12.5. The van der Waals surface area contributed by atoms with Gasteiger partial charge in [-0.3, -0.25) is 14.5 Å². The predicted molar refractivity (Wildman–Crippen MR) is 125 cm³/mol. The molecule has 3 unspecified atom stereocenters. The molecule has 10 heteroatoms. The smallest absolute Gasteiger partial charge is 0.237 e. The fourth-order valence-corrected chi connectivity index (χ4v) is 4.92. The lowest BCUT2D eigenvalue weighted by Gasteiger charge is -2.37. The number of morpholine rings is 1. The summed E-state index contributed by atoms with van der Waals surface area (Å²) in [7, 11) is 1.63. The minimum atomic E-state index is -0.187. The molecule has 9 nitrogen and oxygen atoms in total. The SMILES string of the molecule is COc1ccc(NC(=S)NC2CC3C(=O)NCC(CCC(=O)N4CCOCC4)N3C2)cc1. The standard InChI is InChI=1S/C22H31N5O4S/c1-30-18-5-2-15(3-6-18)24-22(32)25-16-12-19-21(29)23-13-17(27(19)14-16)4-7-20(28)26-8-10-31-11-9-26/h2-3,5-6,16-17,19H,4,7-14H2,1H3,(H,23,29)(H2,24,25,32). The van der Waals surface area contributed by atoms with Crippen molar-refractivity contribution in [1.29, 1.82) is 0 Å². The van der Waals surface area contributed by atoms with Gasteiger partial charge in [0.25, 0.3) is 0 Å². The minimum Gasteiger partial charge on any atom is -0.497 e. The third-order valence-electron chi connectivity index (χ3n) is 6.36. The minimum absolute atomic E-state index is 0.0547. The summed E-state index contributed by atoms with van der Waals surface area (Å²) < 4.78 is 10.5. The highest BCUT2D eigenvalue weighted by molar-refractivity contribution is 7.80. The van der Waals surface area contributed by atoms with Crippen LogP contribution in [0.3, 0.4) is 0 Å². The second kappa shape index (κ2) is 10.5. The number of fused-ring (bicyclic) bond motifs is 1. The molecule has 0 saturated carbocycles. The maximum atomic E-state index is 12.5. The molecule has 3 saturated heterocycles. The molecule has 3 heterocycles. The summed E-state index contributed by atoms with van der Waals surface area (Å²) in [5.41, 5.74) is 0.872. The lowest BCUT2D eigenvalue weighted by molar-refractivity contribution is -0.136. The van der Waals surface area contributed by atoms with Gasteiger partial charge in [0, 0.05) is 50.4 Å². The number of anilines is 1. The van der Waals surface area contributed by atoms with Crippen LogP contribution in [0.2, 0.25) is 0 Å². The van der Waals surface area contributed by atoms with Crippen LogP contribution in [-0.4, -0.2) is 91.4 Å². The van der Waals surface area contributed by atoms with Crippen molar-refractivity contribution in [3.05, 3.63) is 24.3 Å². The Morgan fingerprint density at radius 3 is 2.75 bits per heavy atom. The summed E-state index contributed by atoms with van der Waals surface area (Å²) in [6, 6.07) is 7.58. The van der Waals surface area contributed by atoms with Gasteiger partial charge in [0.15, 0.2) is 5.11 Å². The molecule has 2 amide bonds. The van der Waals surface area contributed by atoms with Crippen molar-refractivity contribution in [2.45, 2.75) is 37.4 Å². The van der Waals surface area contributed by atoms with Crippen LogP contribution in [-0.2, 0) is 14.3 Å². The van der Waals surface area contributed by atoms with E-state index in [1.54, 1.807) is 7.11 Å². The molecule has 1 aromatic rings. The fraction of sp³-hybridized carbons (Fsp3) is 0.591. The Morgan fingerprint density at radius 2 is 2.03 bits per heavy atom. The number of carbonyl (C=O) groups excluding carboxylic acids is 2. The number of nitrogens with zero attached hydrogens (tertiary/aromatic N) is 2. The second-order valence-electron chi connectivity index (χ2n) is 8.40. The fourth-order valence-electron chi connectivity index (χ4n) is 4.64. The third kappa shape index (κ3) is 5.48. The Morgan fingerprint density at radius 1 is 1.28 bits per heavy atom. The van der Waals surface area contributed by atoms with E-state index >= 15 is 0 Å². The number of benzene rings is 1. The monoisotopic (exact) mass is 461 g/mol. The number of hydrogen-bond donors (Lipinski definition) is 3. The Kier molecular flexibility index (Phi) is 7.44. The Hall–Kier alpha value is -2.43. The highest BCUT2D eigenvalue weighted by Crippen LogP contribution is 2.26. The number of carbonyl (C=O) groups is 2. The van der Waals surface area contributed by atoms with Gasteiger partial charge in [0.05, 0.1) is 26.4 Å². The second-order valence-corrected chi connectivity index (χ2v) is 8.81. The van der Waals surface area contributed by atoms with E-state index in [9.17, 15) is 9.59 Å². The molecule has 0 bridgehead atoms. The van der Waals surface area contributed by atoms with E-state index in [-0.39, 0.29) is 29.9 Å². The highest BCUT2D eigenvalue weighted by Gasteiger charge is 2.43. The summed E-state index contributed by atoms with van der Waals surface area (Å²) in [4.78, 5) is 29.1. The van der Waals surface area contributed by atoms with Gasteiger partial charge in [-0.05, 0) is 49.3 Å². The Labute approximate surface area is 193 Å². The van der Waals surface area contributed by atoms with Gasteiger partial charge in [-0.2, -0.15) is 0 Å². The average molecular weight is 462 g/mol. The molecule has 32 heavy (non-hydrogen) atoms. The number of thiocarbonyl (C=S) groups is 1. The van der Waals surface area contributed by atoms with Crippen molar-refractivity contribution in [2.75, 3.05) is 51.8 Å². The number of ether oxygens (including phenoxy) is 2. The Balaban J connectivity index is 1.29. The van der Waals surface area contributed by atoms with E-state index in [2.05, 4.69) is 20.9 Å². The Bertz CT molecular complexity index is 830. The largest absolute Gasteiger partial charge is 0.497 e. The molecule has 3 aliphatic heterocycles. The molecule has 0 spiro atoms. The van der Waals surface area contributed by atoms with Crippen molar-refractivity contribution in [3.8, 4) is 5.75 Å². The normalized spacial score (nSPS) is 25.6. The first-order valence-corrected chi connectivity index (χ1v) is 11.5. The van der Waals surface area contributed by atoms with E-state index in [4.69, 9.17) is 21.7 Å². The molecule has 174 valence electrons. The van der Waals surface area contributed by atoms with Crippen LogP contribution in [0.4, 0.5) is 5.69 Å². The summed E-state index contributed by atoms with van der Waals surface area (Å²) >= 11 is 5.48. The van der Waals surface area contributed by atoms with Crippen molar-refractivity contribution >= 4 is 34.8 Å². The van der Waals surface area contributed by atoms with E-state index in [0.717, 1.165) is 24.4 Å². The number of amides is 2. The number of nitrogens with one attached hydrogen (secondary N) is 3. The van der Waals surface area contributed by atoms with Crippen LogP contribution < -0.4 is 20.7 Å². The van der Waals surface area contributed by atoms with E-state index in [0.29, 0.717) is 50.8 Å². The molecule has 1 aromatic carbocycles. The van der Waals surface area contributed by atoms with Crippen LogP contribution in [0.25, 0.3) is 0 Å². The molecule has 0 radical (unpaired) electrons. The van der Waals surface area contributed by atoms with Crippen molar-refractivity contribution in [3.63, 3.8) is 0 Å². The van der Waals surface area contributed by atoms with Crippen molar-refractivity contribution in [1.82, 2.24) is 20.4 Å². The maximum Gasteiger partial charge on any atom is 0.237 e. The van der Waals surface area contributed by atoms with Crippen LogP contribution in [0.15, 0.2) is 24.3 Å². The first-order valence-electron chi connectivity index (χ1n) is 11.1. The van der Waals surface area contributed by atoms with Gasteiger partial charge in [-0.1, -0.05) is 0 Å². The van der Waals surface area contributed by atoms with Gasteiger partial charge in [-0.15, -0.1) is 0 Å². The predicted octanol–water partition coefficient (Wildman–Crippen LogP) is 0.562. The van der Waals surface area contributed by atoms with Crippen molar-refractivity contribution < 1.29 is 19.1 Å². The summed E-state index contributed by atoms with van der Waals surface area (Å²) in [6.07, 6.45) is 1.90. The molecular formula is C22H31N5O4S. The topological polar surface area (TPSA) is 95.2 Å². The molecule has 3 atom stereocenters. The van der Waals surface area contributed by atoms with E-state index < -0.39 is 0 Å². The van der Waals surface area contributed by atoms with Gasteiger partial charge in [-0.25, -0.2) is 0 Å². The zero-order chi connectivity index (χ0) is 22.5. The summed E-state index contributed by atoms with van der Waals surface area (Å²) in [5, 5.41) is 10.1. The zero-order valence-corrected chi connectivity index (χ0v) is 19.2. The molecule has 0 aliphatic carbocycles. The molecule has 4 rings (SSSR count). The van der Waals surface area contributed by atoms with Crippen LogP contribution in [0, 0.1) is 0 Å². The zero-order valence-electron chi connectivity index (χ0n) is 18.3. The van der Waals surface area contributed by atoms with Gasteiger partial charge >= 0.3 is 0 Å². The number of hydrogen-bond acceptors (Lipinski definition) is 6. The highest BCUT2D eigenvalue weighted by atomic mass is 32.1. The molecule has 3 fully saturated rings. The molecular weight excluding hydrogens is 430 g/mol. The van der Waals surface area contributed by atoms with Crippen molar-refractivity contribution in [2.24, 2.45) is 0 Å². The van der Waals surface area contributed by atoms with Gasteiger partial charge < -0.3 is 30.3 Å². The average Bonchev–Trinajstić information content (AvgIpc) is 3.24. The number of rotatable bonds is 6. The lowest BCUT2D eigenvalue weighted by Crippen LogP contribution is -2.58. The lowest BCUT2D eigenvalue weighted by atomic mass is 10.0. The summed E-state index contributed by atoms with van der Waals surface area (Å²) in [6.45, 7) is 3.84. The quantitative estimate of drug-likeness (QED) is 0.529. The molecule has 3 N–H and O–H groups in total. The van der Waals surface area contributed by atoms with Crippen LogP contribution in [0.1, 0.15) is 19.3 Å². The number of methoxy groups -OCH3 is 1. The van der Waals surface area contributed by atoms with Gasteiger partial charge in [0.1, 0.15) is 5.75 Å². The van der Waals surface area contributed by atoms with Crippen LogP contribution >= 0.6 is 12.2 Å². The molecule has 3 aliphatic rings. The first kappa shape index (κ1) is 22.8. The third-order valence-corrected chi connectivity index (χ3v) is 6.58. The van der Waals surface area contributed by atoms with Gasteiger partial charge in [0.2, 0.25) is 11.8 Å².